The van der Waals surface area contributed by atoms with Gasteiger partial charge >= 0.3 is 6.18 Å². The zero-order valence-electron chi connectivity index (χ0n) is 6.40. The van der Waals surface area contributed by atoms with Crippen LogP contribution in [0.3, 0.4) is 0 Å². The highest BCUT2D eigenvalue weighted by Crippen LogP contribution is 2.31. The Bertz CT molecular complexity index is 315. The number of hydrogen-bond acceptors (Lipinski definition) is 1. The van der Waals surface area contributed by atoms with E-state index in [9.17, 15) is 13.2 Å². The van der Waals surface area contributed by atoms with Crippen LogP contribution < -0.4 is 0 Å². The van der Waals surface area contributed by atoms with Crippen molar-refractivity contribution in [3.8, 4) is 0 Å². The summed E-state index contributed by atoms with van der Waals surface area (Å²) in [6, 6.07) is 2.75. The molecule has 0 unspecified atom stereocenters. The topological polar surface area (TPSA) is 12.9 Å². The third kappa shape index (κ3) is 2.55. The average molecular weight is 252 g/mol. The minimum Gasteiger partial charge on any atom is -0.255 e. The van der Waals surface area contributed by atoms with Gasteiger partial charge in [0.1, 0.15) is 0 Å². The maximum absolute atomic E-state index is 12.1. The van der Waals surface area contributed by atoms with Gasteiger partial charge in [0.05, 0.1) is 11.3 Å². The molecule has 0 spiro atoms. The minimum absolute atomic E-state index is 0.157. The van der Waals surface area contributed by atoms with Gasteiger partial charge in [-0.15, -0.1) is 0 Å². The number of halogens is 4. The van der Waals surface area contributed by atoms with Crippen LogP contribution in [0.15, 0.2) is 29.4 Å². The molecule has 0 aliphatic rings. The zero-order chi connectivity index (χ0) is 10.1. The molecular formula is C8H5BrF3N. The van der Waals surface area contributed by atoms with Crippen LogP contribution in [0.1, 0.15) is 5.69 Å². The molecule has 0 fully saturated rings. The quantitative estimate of drug-likeness (QED) is 0.746. The molecule has 0 radical (unpaired) electrons. The van der Waals surface area contributed by atoms with E-state index in [4.69, 9.17) is 0 Å². The van der Waals surface area contributed by atoms with Crippen LogP contribution in [-0.2, 0) is 0 Å². The van der Waals surface area contributed by atoms with Crippen LogP contribution in [-0.4, -0.2) is 11.2 Å². The highest BCUT2D eigenvalue weighted by Gasteiger charge is 2.33. The summed E-state index contributed by atoms with van der Waals surface area (Å²) in [5.74, 6) is 0. The van der Waals surface area contributed by atoms with E-state index < -0.39 is 11.7 Å². The van der Waals surface area contributed by atoms with Gasteiger partial charge in [-0.3, -0.25) is 4.98 Å². The Kier molecular flexibility index (Phi) is 2.75. The fourth-order valence-corrected chi connectivity index (χ4v) is 0.934. The first-order chi connectivity index (χ1) is 5.91. The predicted octanol–water partition coefficient (Wildman–Crippen LogP) is 3.42. The van der Waals surface area contributed by atoms with Gasteiger partial charge in [-0.1, -0.05) is 6.58 Å². The highest BCUT2D eigenvalue weighted by atomic mass is 79.9. The van der Waals surface area contributed by atoms with Crippen molar-refractivity contribution in [1.82, 2.24) is 4.98 Å². The van der Waals surface area contributed by atoms with E-state index in [0.29, 0.717) is 4.47 Å². The van der Waals surface area contributed by atoms with Crippen LogP contribution in [0.5, 0.6) is 0 Å². The van der Waals surface area contributed by atoms with Crippen molar-refractivity contribution in [1.29, 1.82) is 0 Å². The Morgan fingerprint density at radius 3 is 2.38 bits per heavy atom. The lowest BCUT2D eigenvalue weighted by molar-refractivity contribution is -0.0688. The standard InChI is InChI=1S/C8H5BrF3N/c1-5(8(10,11)12)7-3-2-6(9)4-13-7/h2-4H,1H2. The largest absolute Gasteiger partial charge is 0.417 e. The molecule has 0 aliphatic carbocycles. The lowest BCUT2D eigenvalue weighted by Gasteiger charge is -2.08. The molecule has 0 saturated carbocycles. The first kappa shape index (κ1) is 10.2. The van der Waals surface area contributed by atoms with Crippen molar-refractivity contribution >= 4 is 21.5 Å². The van der Waals surface area contributed by atoms with E-state index in [2.05, 4.69) is 27.5 Å². The van der Waals surface area contributed by atoms with E-state index in [1.165, 1.54) is 18.3 Å². The van der Waals surface area contributed by atoms with E-state index in [1.54, 1.807) is 0 Å². The third-order valence-electron chi connectivity index (χ3n) is 1.38. The predicted molar refractivity (Wildman–Crippen MR) is 47.0 cm³/mol. The Hall–Kier alpha value is -0.840. The molecule has 0 aliphatic heterocycles. The van der Waals surface area contributed by atoms with Crippen molar-refractivity contribution in [2.24, 2.45) is 0 Å². The number of rotatable bonds is 1. The van der Waals surface area contributed by atoms with Gasteiger partial charge < -0.3 is 0 Å². The smallest absolute Gasteiger partial charge is 0.255 e. The SMILES string of the molecule is C=C(c1ccc(Br)cn1)C(F)(F)F. The average Bonchev–Trinajstić information content (AvgIpc) is 2.03. The molecule has 5 heteroatoms. The normalized spacial score (nSPS) is 11.4. The Labute approximate surface area is 81.4 Å². The maximum atomic E-state index is 12.1. The summed E-state index contributed by atoms with van der Waals surface area (Å²) in [5.41, 5.74) is -1.09. The van der Waals surface area contributed by atoms with Crippen LogP contribution in [0, 0.1) is 0 Å². The van der Waals surface area contributed by atoms with E-state index in [0.717, 1.165) is 0 Å². The summed E-state index contributed by atoms with van der Waals surface area (Å²) < 4.78 is 36.9. The van der Waals surface area contributed by atoms with Gasteiger partial charge in [0, 0.05) is 10.7 Å². The van der Waals surface area contributed by atoms with Crippen LogP contribution in [0.25, 0.3) is 5.57 Å². The van der Waals surface area contributed by atoms with Crippen molar-refractivity contribution < 1.29 is 13.2 Å². The molecule has 0 amide bonds. The van der Waals surface area contributed by atoms with Gasteiger partial charge in [0.25, 0.3) is 0 Å². The molecule has 0 saturated heterocycles. The minimum atomic E-state index is -4.42. The molecule has 1 rings (SSSR count). The van der Waals surface area contributed by atoms with E-state index in [1.807, 2.05) is 0 Å². The van der Waals surface area contributed by atoms with Crippen molar-refractivity contribution in [2.75, 3.05) is 0 Å². The number of alkyl halides is 3. The Balaban J connectivity index is 2.97. The monoisotopic (exact) mass is 251 g/mol. The van der Waals surface area contributed by atoms with Crippen LogP contribution in [0.2, 0.25) is 0 Å². The van der Waals surface area contributed by atoms with Crippen LogP contribution >= 0.6 is 15.9 Å². The van der Waals surface area contributed by atoms with Gasteiger partial charge in [0.2, 0.25) is 0 Å². The summed E-state index contributed by atoms with van der Waals surface area (Å²) in [5, 5.41) is 0. The number of nitrogens with zero attached hydrogens (tertiary/aromatic N) is 1. The molecular weight excluding hydrogens is 247 g/mol. The first-order valence-corrected chi connectivity index (χ1v) is 4.08. The van der Waals surface area contributed by atoms with Gasteiger partial charge in [-0.05, 0) is 28.1 Å². The summed E-state index contributed by atoms with van der Waals surface area (Å²) in [7, 11) is 0. The summed E-state index contributed by atoms with van der Waals surface area (Å²) >= 11 is 3.07. The van der Waals surface area contributed by atoms with Gasteiger partial charge in [0.15, 0.2) is 0 Å². The van der Waals surface area contributed by atoms with Crippen molar-refractivity contribution in [3.63, 3.8) is 0 Å². The Morgan fingerprint density at radius 2 is 2.00 bits per heavy atom. The summed E-state index contributed by atoms with van der Waals surface area (Å²) in [6.45, 7) is 2.92. The van der Waals surface area contributed by atoms with Gasteiger partial charge in [-0.2, -0.15) is 13.2 Å². The first-order valence-electron chi connectivity index (χ1n) is 3.29. The second-order valence-electron chi connectivity index (χ2n) is 2.34. The highest BCUT2D eigenvalue weighted by molar-refractivity contribution is 9.10. The molecule has 1 nitrogen and oxygen atoms in total. The second kappa shape index (κ2) is 3.49. The van der Waals surface area contributed by atoms with E-state index in [-0.39, 0.29) is 5.69 Å². The number of allylic oxidation sites excluding steroid dienone is 1. The summed E-state index contributed by atoms with van der Waals surface area (Å²) in [4.78, 5) is 3.58. The number of hydrogen-bond donors (Lipinski definition) is 0. The molecule has 1 heterocycles. The van der Waals surface area contributed by atoms with Crippen molar-refractivity contribution in [3.05, 3.63) is 35.1 Å². The van der Waals surface area contributed by atoms with E-state index >= 15 is 0 Å². The molecule has 13 heavy (non-hydrogen) atoms. The molecule has 1 aromatic rings. The number of pyridine rings is 1. The fraction of sp³-hybridized carbons (Fsp3) is 0.125. The van der Waals surface area contributed by atoms with Gasteiger partial charge in [-0.25, -0.2) is 0 Å². The molecule has 1 aromatic heterocycles. The molecule has 0 atom stereocenters. The molecule has 0 bridgehead atoms. The molecule has 0 aromatic carbocycles. The summed E-state index contributed by atoms with van der Waals surface area (Å²) in [6.07, 6.45) is -3.12. The molecule has 0 N–H and O–H groups in total. The third-order valence-corrected chi connectivity index (χ3v) is 1.85. The zero-order valence-corrected chi connectivity index (χ0v) is 7.98. The van der Waals surface area contributed by atoms with Crippen molar-refractivity contribution in [2.45, 2.75) is 6.18 Å². The molecule has 70 valence electrons. The number of aromatic nitrogens is 1. The maximum Gasteiger partial charge on any atom is 0.417 e. The second-order valence-corrected chi connectivity index (χ2v) is 3.25. The fourth-order valence-electron chi connectivity index (χ4n) is 0.700. The lowest BCUT2D eigenvalue weighted by Crippen LogP contribution is -2.10. The lowest BCUT2D eigenvalue weighted by atomic mass is 10.2. The Morgan fingerprint density at radius 1 is 1.38 bits per heavy atom. The van der Waals surface area contributed by atoms with Crippen LogP contribution in [0.4, 0.5) is 13.2 Å².